The van der Waals surface area contributed by atoms with Crippen molar-refractivity contribution in [1.82, 2.24) is 5.32 Å². The molecule has 5 nitrogen and oxygen atoms in total. The largest absolute Gasteiger partial charge is 0.494 e. The van der Waals surface area contributed by atoms with E-state index in [4.69, 9.17) is 16.2 Å². The van der Waals surface area contributed by atoms with E-state index in [0.29, 0.717) is 19.6 Å². The fourth-order valence-electron chi connectivity index (χ4n) is 1.21. The van der Waals surface area contributed by atoms with Gasteiger partial charge in [0.2, 0.25) is 0 Å². The number of nitrogens with two attached hydrogens (primary N) is 2. The Balaban J connectivity index is 2.27. The van der Waals surface area contributed by atoms with Crippen LogP contribution in [0.15, 0.2) is 18.2 Å². The summed E-state index contributed by atoms with van der Waals surface area (Å²) in [6, 6.07) is 5.01. The van der Waals surface area contributed by atoms with Crippen molar-refractivity contribution < 1.29 is 9.53 Å². The van der Waals surface area contributed by atoms with E-state index in [1.807, 2.05) is 25.1 Å². The number of hydrogen-bond donors (Lipinski definition) is 3. The summed E-state index contributed by atoms with van der Waals surface area (Å²) < 4.78 is 5.48. The van der Waals surface area contributed by atoms with Gasteiger partial charge in [-0.3, -0.25) is 0 Å². The highest BCUT2D eigenvalue weighted by molar-refractivity contribution is 5.71. The molecule has 0 atom stereocenters. The smallest absolute Gasteiger partial charge is 0.312 e. The fraction of sp³-hybridized carbons (Fsp3) is 0.364. The second kappa shape index (κ2) is 5.85. The van der Waals surface area contributed by atoms with E-state index in [9.17, 15) is 4.79 Å². The van der Waals surface area contributed by atoms with Crippen LogP contribution in [0.2, 0.25) is 0 Å². The van der Waals surface area contributed by atoms with Gasteiger partial charge in [0, 0.05) is 12.2 Å². The molecule has 1 rings (SSSR count). The van der Waals surface area contributed by atoms with Gasteiger partial charge in [0.05, 0.1) is 6.61 Å². The first-order chi connectivity index (χ1) is 7.59. The van der Waals surface area contributed by atoms with E-state index in [0.717, 1.165) is 17.0 Å². The summed E-state index contributed by atoms with van der Waals surface area (Å²) in [5.74, 6) is 0.783. The monoisotopic (exact) mass is 223 g/mol. The van der Waals surface area contributed by atoms with Crippen molar-refractivity contribution in [3.63, 3.8) is 0 Å². The molecule has 0 bridgehead atoms. The zero-order chi connectivity index (χ0) is 12.0. The van der Waals surface area contributed by atoms with Gasteiger partial charge in [0.15, 0.2) is 0 Å². The summed E-state index contributed by atoms with van der Waals surface area (Å²) in [5, 5.41) is 2.49. The lowest BCUT2D eigenvalue weighted by Crippen LogP contribution is -2.30. The van der Waals surface area contributed by atoms with Gasteiger partial charge in [0.1, 0.15) is 5.75 Å². The van der Waals surface area contributed by atoms with Crippen LogP contribution in [0.5, 0.6) is 5.75 Å². The van der Waals surface area contributed by atoms with Gasteiger partial charge in [-0.1, -0.05) is 0 Å². The number of aryl methyl sites for hydroxylation is 1. The van der Waals surface area contributed by atoms with Gasteiger partial charge in [-0.05, 0) is 37.1 Å². The molecule has 16 heavy (non-hydrogen) atoms. The van der Waals surface area contributed by atoms with Crippen LogP contribution < -0.4 is 21.5 Å². The minimum Gasteiger partial charge on any atom is -0.494 e. The zero-order valence-corrected chi connectivity index (χ0v) is 9.32. The molecule has 2 amide bonds. The van der Waals surface area contributed by atoms with E-state index in [1.54, 1.807) is 0 Å². The first-order valence-electron chi connectivity index (χ1n) is 5.12. The van der Waals surface area contributed by atoms with Crippen molar-refractivity contribution in [2.45, 2.75) is 13.3 Å². The number of amides is 2. The molecule has 0 saturated carbocycles. The molecule has 88 valence electrons. The number of carbonyl (C=O) groups is 1. The minimum atomic E-state index is -0.511. The van der Waals surface area contributed by atoms with Gasteiger partial charge in [-0.15, -0.1) is 0 Å². The Morgan fingerprint density at radius 1 is 1.50 bits per heavy atom. The van der Waals surface area contributed by atoms with Crippen molar-refractivity contribution in [1.29, 1.82) is 0 Å². The molecule has 0 spiro atoms. The summed E-state index contributed by atoms with van der Waals surface area (Å²) in [5.41, 5.74) is 12.3. The predicted molar refractivity (Wildman–Crippen MR) is 63.3 cm³/mol. The maximum atomic E-state index is 10.4. The molecular formula is C11H17N3O2. The molecule has 5 heteroatoms. The number of carbonyl (C=O) groups excluding carboxylic acids is 1. The maximum absolute atomic E-state index is 10.4. The highest BCUT2D eigenvalue weighted by Crippen LogP contribution is 2.18. The average Bonchev–Trinajstić information content (AvgIpc) is 2.22. The van der Waals surface area contributed by atoms with Gasteiger partial charge < -0.3 is 21.5 Å². The van der Waals surface area contributed by atoms with Crippen LogP contribution in [0, 0.1) is 6.92 Å². The highest BCUT2D eigenvalue weighted by Gasteiger charge is 1.98. The number of benzene rings is 1. The SMILES string of the molecule is Cc1cc(OCCCNC(N)=O)ccc1N. The van der Waals surface area contributed by atoms with E-state index >= 15 is 0 Å². The Kier molecular flexibility index (Phi) is 4.44. The lowest BCUT2D eigenvalue weighted by atomic mass is 10.2. The van der Waals surface area contributed by atoms with Crippen LogP contribution in [0.3, 0.4) is 0 Å². The lowest BCUT2D eigenvalue weighted by molar-refractivity contribution is 0.247. The molecule has 0 radical (unpaired) electrons. The van der Waals surface area contributed by atoms with Gasteiger partial charge in [-0.25, -0.2) is 4.79 Å². The summed E-state index contributed by atoms with van der Waals surface area (Å²) in [4.78, 5) is 10.4. The van der Waals surface area contributed by atoms with E-state index in [1.165, 1.54) is 0 Å². The molecule has 0 aromatic heterocycles. The van der Waals surface area contributed by atoms with Crippen LogP contribution in [0.4, 0.5) is 10.5 Å². The topological polar surface area (TPSA) is 90.4 Å². The Morgan fingerprint density at radius 2 is 2.25 bits per heavy atom. The van der Waals surface area contributed by atoms with E-state index in [-0.39, 0.29) is 0 Å². The first kappa shape index (κ1) is 12.2. The van der Waals surface area contributed by atoms with Crippen molar-refractivity contribution in [2.24, 2.45) is 5.73 Å². The first-order valence-corrected chi connectivity index (χ1v) is 5.12. The molecule has 0 unspecified atom stereocenters. The molecule has 0 saturated heterocycles. The van der Waals surface area contributed by atoms with Crippen LogP contribution in [-0.2, 0) is 0 Å². The number of ether oxygens (including phenoxy) is 1. The highest BCUT2D eigenvalue weighted by atomic mass is 16.5. The Bertz CT molecular complexity index is 366. The molecule has 1 aromatic carbocycles. The van der Waals surface area contributed by atoms with Crippen molar-refractivity contribution in [3.8, 4) is 5.75 Å². The maximum Gasteiger partial charge on any atom is 0.312 e. The fourth-order valence-corrected chi connectivity index (χ4v) is 1.21. The van der Waals surface area contributed by atoms with Crippen LogP contribution in [0.1, 0.15) is 12.0 Å². The number of hydrogen-bond acceptors (Lipinski definition) is 3. The lowest BCUT2D eigenvalue weighted by Gasteiger charge is -2.08. The average molecular weight is 223 g/mol. The van der Waals surface area contributed by atoms with E-state index < -0.39 is 6.03 Å². The molecular weight excluding hydrogens is 206 g/mol. The van der Waals surface area contributed by atoms with E-state index in [2.05, 4.69) is 5.32 Å². The van der Waals surface area contributed by atoms with Crippen LogP contribution in [-0.4, -0.2) is 19.2 Å². The van der Waals surface area contributed by atoms with Gasteiger partial charge >= 0.3 is 6.03 Å². The number of nitrogens with one attached hydrogen (secondary N) is 1. The number of rotatable bonds is 5. The Labute approximate surface area is 94.8 Å². The summed E-state index contributed by atoms with van der Waals surface area (Å²) in [6.45, 7) is 2.98. The Morgan fingerprint density at radius 3 is 2.88 bits per heavy atom. The molecule has 0 aliphatic heterocycles. The van der Waals surface area contributed by atoms with Gasteiger partial charge in [0.25, 0.3) is 0 Å². The van der Waals surface area contributed by atoms with Crippen LogP contribution >= 0.6 is 0 Å². The van der Waals surface area contributed by atoms with Crippen molar-refractivity contribution in [2.75, 3.05) is 18.9 Å². The standard InChI is InChI=1S/C11H17N3O2/c1-8-7-9(3-4-10(8)12)16-6-2-5-14-11(13)15/h3-4,7H,2,5-6,12H2,1H3,(H3,13,14,15). The normalized spacial score (nSPS) is 9.81. The Hall–Kier alpha value is -1.91. The molecule has 5 N–H and O–H groups in total. The second-order valence-electron chi connectivity index (χ2n) is 3.51. The number of nitrogen functional groups attached to an aromatic ring is 1. The quantitative estimate of drug-likeness (QED) is 0.514. The van der Waals surface area contributed by atoms with Crippen LogP contribution in [0.25, 0.3) is 0 Å². The number of urea groups is 1. The summed E-state index contributed by atoms with van der Waals surface area (Å²) >= 11 is 0. The zero-order valence-electron chi connectivity index (χ0n) is 9.32. The number of primary amides is 1. The third kappa shape index (κ3) is 4.08. The third-order valence-corrected chi connectivity index (χ3v) is 2.13. The number of anilines is 1. The molecule has 0 heterocycles. The molecule has 1 aromatic rings. The second-order valence-corrected chi connectivity index (χ2v) is 3.51. The minimum absolute atomic E-state index is 0.511. The molecule has 0 fully saturated rings. The van der Waals surface area contributed by atoms with Gasteiger partial charge in [-0.2, -0.15) is 0 Å². The summed E-state index contributed by atoms with van der Waals surface area (Å²) in [6.07, 6.45) is 0.715. The van der Waals surface area contributed by atoms with Crippen molar-refractivity contribution in [3.05, 3.63) is 23.8 Å². The van der Waals surface area contributed by atoms with Crippen molar-refractivity contribution >= 4 is 11.7 Å². The predicted octanol–water partition coefficient (Wildman–Crippen LogP) is 1.01. The summed E-state index contributed by atoms with van der Waals surface area (Å²) in [7, 11) is 0. The third-order valence-electron chi connectivity index (χ3n) is 2.13. The molecule has 0 aliphatic rings. The molecule has 0 aliphatic carbocycles.